The maximum Gasteiger partial charge on any atom is 0.255 e. The minimum absolute atomic E-state index is 0.0747. The third-order valence-corrected chi connectivity index (χ3v) is 13.0. The van der Waals surface area contributed by atoms with Crippen molar-refractivity contribution < 1.29 is 28.7 Å². The molecule has 63 heavy (non-hydrogen) atoms. The summed E-state index contributed by atoms with van der Waals surface area (Å²) in [5.41, 5.74) is 3.93. The Morgan fingerprint density at radius 2 is 1.65 bits per heavy atom. The number of halogens is 1. The maximum atomic E-state index is 13.8. The molecule has 3 N–H and O–H groups in total. The van der Waals surface area contributed by atoms with Crippen LogP contribution in [0.4, 0.5) is 11.5 Å². The molecule has 15 nitrogen and oxygen atoms in total. The van der Waals surface area contributed by atoms with E-state index in [-0.39, 0.29) is 41.0 Å². The molecule has 1 atom stereocenters. The number of piperazine rings is 1. The summed E-state index contributed by atoms with van der Waals surface area (Å²) >= 11 is 6.62. The standard InChI is InChI=1S/C47H50ClN9O6/c48-38-26-34(63-33-7-3-1-4-8-33)11-13-36(38)43(60)37-27-49-44-42(37)45(51-29-50-44)52-31-16-19-56(20-17-31)41(59)9-5-2-6-18-54-21-23-55(24-22-54)32-10-12-35-30(25-32)28-57(47(35)62)39-14-15-40(58)53-46(39)61/h1,3-4,7-8,10-13,25-27,29,31,39H,2,5-6,9,14-24,28H2,(H,53,58,61)(H2,49,50,51,52)/t39-/m0/s1. The van der Waals surface area contributed by atoms with Gasteiger partial charge in [-0.15, -0.1) is 0 Å². The molecule has 5 aromatic rings. The first-order chi connectivity index (χ1) is 30.7. The van der Waals surface area contributed by atoms with E-state index in [1.54, 1.807) is 29.3 Å². The Morgan fingerprint density at radius 3 is 2.43 bits per heavy atom. The lowest BCUT2D eigenvalue weighted by molar-refractivity contribution is -0.137. The first-order valence-electron chi connectivity index (χ1n) is 21.9. The van der Waals surface area contributed by atoms with E-state index >= 15 is 0 Å². The molecule has 0 spiro atoms. The number of anilines is 2. The number of carbonyl (C=O) groups excluding carboxylic acids is 5. The zero-order valence-corrected chi connectivity index (χ0v) is 35.7. The van der Waals surface area contributed by atoms with Crippen LogP contribution in [0.25, 0.3) is 11.0 Å². The lowest BCUT2D eigenvalue weighted by Crippen LogP contribution is -2.52. The molecule has 9 rings (SSSR count). The smallest absolute Gasteiger partial charge is 0.255 e. The number of nitrogens with one attached hydrogen (secondary N) is 3. The molecule has 326 valence electrons. The fraction of sp³-hybridized carbons (Fsp3) is 0.383. The van der Waals surface area contributed by atoms with Crippen LogP contribution in [0.2, 0.25) is 5.02 Å². The molecule has 0 saturated carbocycles. The fourth-order valence-electron chi connectivity index (χ4n) is 9.16. The van der Waals surface area contributed by atoms with Crippen LogP contribution in [0.5, 0.6) is 11.5 Å². The van der Waals surface area contributed by atoms with E-state index in [2.05, 4.69) is 41.5 Å². The zero-order valence-electron chi connectivity index (χ0n) is 35.0. The van der Waals surface area contributed by atoms with Crippen LogP contribution >= 0.6 is 11.6 Å². The number of ether oxygens (including phenoxy) is 1. The number of para-hydroxylation sites is 1. The predicted octanol–water partition coefficient (Wildman–Crippen LogP) is 6.18. The molecule has 4 aliphatic rings. The van der Waals surface area contributed by atoms with Gasteiger partial charge in [0, 0.05) is 93.8 Å². The predicted molar refractivity (Wildman–Crippen MR) is 238 cm³/mol. The Bertz CT molecular complexity index is 2530. The Morgan fingerprint density at radius 1 is 0.841 bits per heavy atom. The second-order valence-electron chi connectivity index (χ2n) is 16.7. The van der Waals surface area contributed by atoms with E-state index in [0.717, 1.165) is 76.1 Å². The first-order valence-corrected chi connectivity index (χ1v) is 22.2. The monoisotopic (exact) mass is 871 g/mol. The molecule has 4 aliphatic heterocycles. The number of rotatable bonds is 14. The normalized spacial score (nSPS) is 18.5. The van der Waals surface area contributed by atoms with Gasteiger partial charge in [0.15, 0.2) is 5.78 Å². The van der Waals surface area contributed by atoms with Gasteiger partial charge >= 0.3 is 0 Å². The topological polar surface area (TPSA) is 173 Å². The van der Waals surface area contributed by atoms with Crippen LogP contribution < -0.4 is 20.3 Å². The number of likely N-dealkylation sites (tertiary alicyclic amines) is 1. The van der Waals surface area contributed by atoms with Gasteiger partial charge in [-0.25, -0.2) is 9.97 Å². The van der Waals surface area contributed by atoms with Gasteiger partial charge < -0.3 is 29.7 Å². The highest BCUT2D eigenvalue weighted by Crippen LogP contribution is 2.33. The molecule has 3 fully saturated rings. The van der Waals surface area contributed by atoms with Gasteiger partial charge in [-0.05, 0) is 86.7 Å². The minimum Gasteiger partial charge on any atom is -0.457 e. The molecule has 6 heterocycles. The first kappa shape index (κ1) is 42.0. The number of benzene rings is 3. The summed E-state index contributed by atoms with van der Waals surface area (Å²) in [6.45, 7) is 6.32. The molecular weight excluding hydrogens is 822 g/mol. The number of hydrogen-bond acceptors (Lipinski definition) is 11. The Labute approximate surface area is 370 Å². The van der Waals surface area contributed by atoms with Crippen molar-refractivity contribution in [3.8, 4) is 11.5 Å². The lowest BCUT2D eigenvalue weighted by atomic mass is 10.0. The molecule has 0 radical (unpaired) electrons. The number of imide groups is 1. The maximum absolute atomic E-state index is 13.8. The van der Waals surface area contributed by atoms with E-state index in [1.165, 1.54) is 6.33 Å². The molecule has 0 bridgehead atoms. The van der Waals surface area contributed by atoms with Crippen LogP contribution in [-0.2, 0) is 20.9 Å². The number of amides is 4. The van der Waals surface area contributed by atoms with Crippen LogP contribution in [0.1, 0.15) is 83.2 Å². The Balaban J connectivity index is 0.692. The van der Waals surface area contributed by atoms with Crippen LogP contribution in [0.15, 0.2) is 79.3 Å². The van der Waals surface area contributed by atoms with E-state index in [4.69, 9.17) is 16.3 Å². The number of fused-ring (bicyclic) bond motifs is 2. The summed E-state index contributed by atoms with van der Waals surface area (Å²) in [5.74, 6) is 0.862. The molecule has 4 amide bonds. The van der Waals surface area contributed by atoms with Gasteiger partial charge in [-0.1, -0.05) is 36.2 Å². The van der Waals surface area contributed by atoms with Crippen molar-refractivity contribution in [2.45, 2.75) is 70.0 Å². The molecule has 0 unspecified atom stereocenters. The second kappa shape index (κ2) is 18.6. The van der Waals surface area contributed by atoms with Crippen molar-refractivity contribution >= 4 is 63.6 Å². The number of piperidine rings is 2. The number of aromatic nitrogens is 3. The van der Waals surface area contributed by atoms with Gasteiger partial charge in [0.1, 0.15) is 35.3 Å². The number of carbonyl (C=O) groups is 5. The van der Waals surface area contributed by atoms with Gasteiger partial charge in [-0.3, -0.25) is 34.2 Å². The largest absolute Gasteiger partial charge is 0.457 e. The summed E-state index contributed by atoms with van der Waals surface area (Å²) < 4.78 is 5.89. The summed E-state index contributed by atoms with van der Waals surface area (Å²) in [7, 11) is 0. The number of nitrogens with zero attached hydrogens (tertiary/aromatic N) is 6. The summed E-state index contributed by atoms with van der Waals surface area (Å²) in [6, 6.07) is 19.8. The van der Waals surface area contributed by atoms with Crippen molar-refractivity contribution in [2.24, 2.45) is 0 Å². The average molecular weight is 872 g/mol. The van der Waals surface area contributed by atoms with E-state index in [1.807, 2.05) is 47.4 Å². The van der Waals surface area contributed by atoms with Crippen molar-refractivity contribution in [3.63, 3.8) is 0 Å². The quantitative estimate of drug-likeness (QED) is 0.0661. The number of ketones is 1. The second-order valence-corrected chi connectivity index (χ2v) is 17.1. The molecule has 2 aromatic heterocycles. The van der Waals surface area contributed by atoms with Gasteiger partial charge in [-0.2, -0.15) is 0 Å². The van der Waals surface area contributed by atoms with Crippen LogP contribution in [0, 0.1) is 0 Å². The van der Waals surface area contributed by atoms with Crippen molar-refractivity contribution in [1.82, 2.24) is 35.0 Å². The highest BCUT2D eigenvalue weighted by atomic mass is 35.5. The summed E-state index contributed by atoms with van der Waals surface area (Å²) in [6.07, 6.45) is 8.65. The molecule has 3 aromatic carbocycles. The number of hydrogen-bond donors (Lipinski definition) is 3. The number of H-pyrrole nitrogens is 1. The highest BCUT2D eigenvalue weighted by Gasteiger charge is 2.39. The SMILES string of the molecule is O=C1CC[C@H](N2Cc3cc(N4CCN(CCCCCC(=O)N5CCC(Nc6ncnc7[nH]cc(C(=O)c8ccc(Oc9ccccc9)cc8Cl)c67)CC5)CC4)ccc3C2=O)C(=O)N1. The van der Waals surface area contributed by atoms with Gasteiger partial charge in [0.25, 0.3) is 5.91 Å². The summed E-state index contributed by atoms with van der Waals surface area (Å²) in [4.78, 5) is 84.6. The number of aromatic amines is 1. The number of unbranched alkanes of at least 4 members (excludes halogenated alkanes) is 2. The molecule has 3 saturated heterocycles. The van der Waals surface area contributed by atoms with Gasteiger partial charge in [0.2, 0.25) is 17.7 Å². The third kappa shape index (κ3) is 9.25. The van der Waals surface area contributed by atoms with Crippen molar-refractivity contribution in [1.29, 1.82) is 0 Å². The minimum atomic E-state index is -0.613. The van der Waals surface area contributed by atoms with Crippen molar-refractivity contribution in [2.75, 3.05) is 56.0 Å². The zero-order chi connectivity index (χ0) is 43.5. The lowest BCUT2D eigenvalue weighted by Gasteiger charge is -2.36. The molecular formula is C47H50ClN9O6. The molecule has 16 heteroatoms. The fourth-order valence-corrected chi connectivity index (χ4v) is 9.42. The molecule has 0 aliphatic carbocycles. The average Bonchev–Trinajstić information content (AvgIpc) is 3.88. The van der Waals surface area contributed by atoms with E-state index in [0.29, 0.717) is 77.5 Å². The van der Waals surface area contributed by atoms with Crippen LogP contribution in [0.3, 0.4) is 0 Å². The Kier molecular flexibility index (Phi) is 12.4. The third-order valence-electron chi connectivity index (χ3n) is 12.7. The van der Waals surface area contributed by atoms with E-state index in [9.17, 15) is 24.0 Å². The summed E-state index contributed by atoms with van der Waals surface area (Å²) in [5, 5.41) is 6.78. The highest BCUT2D eigenvalue weighted by molar-refractivity contribution is 6.35. The van der Waals surface area contributed by atoms with E-state index < -0.39 is 11.9 Å². The van der Waals surface area contributed by atoms with Crippen molar-refractivity contribution in [3.05, 3.63) is 107 Å². The van der Waals surface area contributed by atoms with Gasteiger partial charge in [0.05, 0.1) is 16.0 Å². The Hall–Kier alpha value is -6.32. The van der Waals surface area contributed by atoms with Crippen LogP contribution in [-0.4, -0.2) is 117 Å².